The second kappa shape index (κ2) is 5.73. The van der Waals surface area contributed by atoms with Crippen LogP contribution in [0, 0.1) is 0 Å². The smallest absolute Gasteiger partial charge is 0.237 e. The van der Waals surface area contributed by atoms with E-state index in [1.807, 2.05) is 24.3 Å². The van der Waals surface area contributed by atoms with Crippen LogP contribution in [0.3, 0.4) is 0 Å². The Labute approximate surface area is 108 Å². The SMILES string of the molecule is O=C(Nc1cccc(CBr)c1)C1CCCS1. The Balaban J connectivity index is 1.99. The summed E-state index contributed by atoms with van der Waals surface area (Å²) >= 11 is 5.17. The van der Waals surface area contributed by atoms with E-state index in [0.717, 1.165) is 29.6 Å². The van der Waals surface area contributed by atoms with Gasteiger partial charge in [0.05, 0.1) is 5.25 Å². The zero-order chi connectivity index (χ0) is 11.4. The number of carbonyl (C=O) groups is 1. The monoisotopic (exact) mass is 299 g/mol. The molecule has 4 heteroatoms. The van der Waals surface area contributed by atoms with Crippen molar-refractivity contribution in [3.63, 3.8) is 0 Å². The Kier molecular flexibility index (Phi) is 4.29. The summed E-state index contributed by atoms with van der Waals surface area (Å²) in [7, 11) is 0. The van der Waals surface area contributed by atoms with Crippen LogP contribution in [-0.2, 0) is 10.1 Å². The lowest BCUT2D eigenvalue weighted by molar-refractivity contribution is -0.115. The van der Waals surface area contributed by atoms with Gasteiger partial charge in [-0.3, -0.25) is 4.79 Å². The molecule has 1 aromatic carbocycles. The molecule has 0 bridgehead atoms. The molecule has 0 radical (unpaired) electrons. The molecule has 1 aromatic rings. The average Bonchev–Trinajstić information content (AvgIpc) is 2.83. The second-order valence-corrected chi connectivity index (χ2v) is 5.70. The molecule has 1 heterocycles. The summed E-state index contributed by atoms with van der Waals surface area (Å²) < 4.78 is 0. The molecule has 1 aliphatic rings. The molecule has 16 heavy (non-hydrogen) atoms. The summed E-state index contributed by atoms with van der Waals surface area (Å²) in [5.74, 6) is 1.26. The fraction of sp³-hybridized carbons (Fsp3) is 0.417. The number of hydrogen-bond acceptors (Lipinski definition) is 2. The Bertz CT molecular complexity index is 377. The van der Waals surface area contributed by atoms with E-state index in [2.05, 4.69) is 21.2 Å². The molecular weight excluding hydrogens is 286 g/mol. The van der Waals surface area contributed by atoms with E-state index in [-0.39, 0.29) is 11.2 Å². The number of carbonyl (C=O) groups excluding carboxylic acids is 1. The number of halogens is 1. The molecule has 0 aliphatic carbocycles. The molecule has 1 fully saturated rings. The topological polar surface area (TPSA) is 29.1 Å². The first-order valence-electron chi connectivity index (χ1n) is 5.37. The van der Waals surface area contributed by atoms with Crippen LogP contribution in [0.1, 0.15) is 18.4 Å². The third-order valence-electron chi connectivity index (χ3n) is 2.57. The van der Waals surface area contributed by atoms with Crippen molar-refractivity contribution in [3.8, 4) is 0 Å². The highest BCUT2D eigenvalue weighted by Crippen LogP contribution is 2.27. The minimum absolute atomic E-state index is 0.146. The minimum Gasteiger partial charge on any atom is -0.325 e. The summed E-state index contributed by atoms with van der Waals surface area (Å²) in [5.41, 5.74) is 2.08. The third kappa shape index (κ3) is 3.01. The highest BCUT2D eigenvalue weighted by molar-refractivity contribution is 9.08. The number of rotatable bonds is 3. The molecule has 86 valence electrons. The average molecular weight is 300 g/mol. The van der Waals surface area contributed by atoms with Crippen LogP contribution >= 0.6 is 27.7 Å². The molecule has 0 saturated carbocycles. The van der Waals surface area contributed by atoms with Crippen LogP contribution < -0.4 is 5.32 Å². The van der Waals surface area contributed by atoms with Gasteiger partial charge in [-0.1, -0.05) is 28.1 Å². The zero-order valence-corrected chi connectivity index (χ0v) is 11.3. The molecule has 1 saturated heterocycles. The van der Waals surface area contributed by atoms with Crippen LogP contribution in [-0.4, -0.2) is 16.9 Å². The van der Waals surface area contributed by atoms with Gasteiger partial charge in [0.2, 0.25) is 5.91 Å². The van der Waals surface area contributed by atoms with Gasteiger partial charge in [0.15, 0.2) is 0 Å². The number of benzene rings is 1. The number of thioether (sulfide) groups is 1. The van der Waals surface area contributed by atoms with Crippen LogP contribution in [0.5, 0.6) is 0 Å². The van der Waals surface area contributed by atoms with Crippen molar-refractivity contribution in [3.05, 3.63) is 29.8 Å². The van der Waals surface area contributed by atoms with Crippen LogP contribution in [0.2, 0.25) is 0 Å². The number of nitrogens with one attached hydrogen (secondary N) is 1. The first-order valence-corrected chi connectivity index (χ1v) is 7.54. The van der Waals surface area contributed by atoms with Gasteiger partial charge in [-0.15, -0.1) is 11.8 Å². The van der Waals surface area contributed by atoms with Crippen molar-refractivity contribution < 1.29 is 4.79 Å². The van der Waals surface area contributed by atoms with E-state index in [0.29, 0.717) is 0 Å². The van der Waals surface area contributed by atoms with Gasteiger partial charge in [0.1, 0.15) is 0 Å². The van der Waals surface area contributed by atoms with Crippen molar-refractivity contribution in [2.45, 2.75) is 23.4 Å². The van der Waals surface area contributed by atoms with E-state index in [9.17, 15) is 4.79 Å². The third-order valence-corrected chi connectivity index (χ3v) is 4.59. The normalized spacial score (nSPS) is 19.7. The van der Waals surface area contributed by atoms with Gasteiger partial charge < -0.3 is 5.32 Å². The first-order chi connectivity index (χ1) is 7.79. The van der Waals surface area contributed by atoms with Crippen molar-refractivity contribution in [1.82, 2.24) is 0 Å². The van der Waals surface area contributed by atoms with Crippen molar-refractivity contribution in [2.24, 2.45) is 0 Å². The molecule has 1 unspecified atom stereocenters. The summed E-state index contributed by atoms with van der Waals surface area (Å²) in [5, 5.41) is 3.94. The molecule has 2 nitrogen and oxygen atoms in total. The summed E-state index contributed by atoms with van der Waals surface area (Å²) in [6, 6.07) is 7.94. The van der Waals surface area contributed by atoms with Gasteiger partial charge >= 0.3 is 0 Å². The van der Waals surface area contributed by atoms with Crippen LogP contribution in [0.25, 0.3) is 0 Å². The molecular formula is C12H14BrNOS. The van der Waals surface area contributed by atoms with Gasteiger partial charge in [0, 0.05) is 11.0 Å². The molecule has 0 spiro atoms. The van der Waals surface area contributed by atoms with Crippen molar-refractivity contribution in [1.29, 1.82) is 0 Å². The highest BCUT2D eigenvalue weighted by Gasteiger charge is 2.23. The number of anilines is 1. The van der Waals surface area contributed by atoms with Crippen LogP contribution in [0.4, 0.5) is 5.69 Å². The van der Waals surface area contributed by atoms with Crippen molar-refractivity contribution in [2.75, 3.05) is 11.1 Å². The lowest BCUT2D eigenvalue weighted by Crippen LogP contribution is -2.22. The van der Waals surface area contributed by atoms with Gasteiger partial charge in [0.25, 0.3) is 0 Å². The molecule has 0 aromatic heterocycles. The number of alkyl halides is 1. The second-order valence-electron chi connectivity index (χ2n) is 3.82. The zero-order valence-electron chi connectivity index (χ0n) is 8.91. The number of hydrogen-bond donors (Lipinski definition) is 1. The van der Waals surface area contributed by atoms with E-state index in [4.69, 9.17) is 0 Å². The standard InChI is InChI=1S/C12H14BrNOS/c13-8-9-3-1-4-10(7-9)14-12(15)11-5-2-6-16-11/h1,3-4,7,11H,2,5-6,8H2,(H,14,15). The lowest BCUT2D eigenvalue weighted by Gasteiger charge is -2.10. The summed E-state index contributed by atoms with van der Waals surface area (Å²) in [4.78, 5) is 11.9. The lowest BCUT2D eigenvalue weighted by atomic mass is 10.2. The molecule has 2 rings (SSSR count). The highest BCUT2D eigenvalue weighted by atomic mass is 79.9. The fourth-order valence-corrected chi connectivity index (χ4v) is 3.25. The Hall–Kier alpha value is -0.480. The molecule has 1 amide bonds. The van der Waals surface area contributed by atoms with E-state index in [1.165, 1.54) is 5.56 Å². The first kappa shape index (κ1) is 12.0. The van der Waals surface area contributed by atoms with E-state index in [1.54, 1.807) is 11.8 Å². The molecule has 1 aliphatic heterocycles. The maximum absolute atomic E-state index is 11.9. The quantitative estimate of drug-likeness (QED) is 0.867. The van der Waals surface area contributed by atoms with Gasteiger partial charge in [-0.05, 0) is 36.3 Å². The number of amides is 1. The summed E-state index contributed by atoms with van der Waals surface area (Å²) in [6.07, 6.45) is 2.17. The maximum atomic E-state index is 11.9. The van der Waals surface area contributed by atoms with E-state index < -0.39 is 0 Å². The predicted molar refractivity (Wildman–Crippen MR) is 73.2 cm³/mol. The largest absolute Gasteiger partial charge is 0.325 e. The van der Waals surface area contributed by atoms with E-state index >= 15 is 0 Å². The van der Waals surface area contributed by atoms with Crippen molar-refractivity contribution >= 4 is 39.3 Å². The van der Waals surface area contributed by atoms with Gasteiger partial charge in [-0.25, -0.2) is 0 Å². The Morgan fingerprint density at radius 1 is 1.56 bits per heavy atom. The van der Waals surface area contributed by atoms with Gasteiger partial charge in [-0.2, -0.15) is 0 Å². The molecule has 1 N–H and O–H groups in total. The Morgan fingerprint density at radius 2 is 2.44 bits per heavy atom. The fourth-order valence-electron chi connectivity index (χ4n) is 1.74. The Morgan fingerprint density at radius 3 is 3.12 bits per heavy atom. The minimum atomic E-state index is 0.146. The predicted octanol–water partition coefficient (Wildman–Crippen LogP) is 3.42. The summed E-state index contributed by atoms with van der Waals surface area (Å²) in [6.45, 7) is 0. The molecule has 1 atom stereocenters. The van der Waals surface area contributed by atoms with Crippen LogP contribution in [0.15, 0.2) is 24.3 Å². The maximum Gasteiger partial charge on any atom is 0.237 e.